The van der Waals surface area contributed by atoms with E-state index >= 15 is 0 Å². The van der Waals surface area contributed by atoms with Gasteiger partial charge in [0.15, 0.2) is 16.9 Å². The summed E-state index contributed by atoms with van der Waals surface area (Å²) in [5, 5.41) is 11.0. The van der Waals surface area contributed by atoms with Crippen LogP contribution in [0.3, 0.4) is 0 Å². The smallest absolute Gasteiger partial charge is 0.296 e. The SMILES string of the molecule is COc1cc([C@@H]2c3c(oc4ccccc4c3=O)C(=O)N2c2ccc(Cl)cn2)cc(Br)c1O. The molecule has 5 rings (SSSR count). The van der Waals surface area contributed by atoms with Crippen LogP contribution in [0, 0.1) is 0 Å². The van der Waals surface area contributed by atoms with E-state index in [4.69, 9.17) is 20.8 Å². The number of halogens is 2. The second-order valence-electron chi connectivity index (χ2n) is 7.14. The van der Waals surface area contributed by atoms with Crippen LogP contribution in [0.2, 0.25) is 5.02 Å². The lowest BCUT2D eigenvalue weighted by atomic mass is 9.98. The number of aromatic nitrogens is 1. The van der Waals surface area contributed by atoms with Crippen LogP contribution >= 0.6 is 27.5 Å². The first-order valence-electron chi connectivity index (χ1n) is 9.48. The zero-order valence-corrected chi connectivity index (χ0v) is 18.8. The summed E-state index contributed by atoms with van der Waals surface area (Å²) < 4.78 is 11.5. The van der Waals surface area contributed by atoms with E-state index in [0.29, 0.717) is 31.8 Å². The van der Waals surface area contributed by atoms with Crippen LogP contribution in [0.15, 0.2) is 68.4 Å². The lowest BCUT2D eigenvalue weighted by Gasteiger charge is -2.25. The summed E-state index contributed by atoms with van der Waals surface area (Å²) in [5.41, 5.74) is 0.710. The van der Waals surface area contributed by atoms with Gasteiger partial charge in [-0.3, -0.25) is 14.5 Å². The highest BCUT2D eigenvalue weighted by molar-refractivity contribution is 9.10. The van der Waals surface area contributed by atoms with Crippen LogP contribution in [-0.4, -0.2) is 23.1 Å². The van der Waals surface area contributed by atoms with Crippen molar-refractivity contribution in [3.8, 4) is 11.5 Å². The Bertz CT molecular complexity index is 1450. The fourth-order valence-electron chi connectivity index (χ4n) is 3.89. The summed E-state index contributed by atoms with van der Waals surface area (Å²) >= 11 is 9.30. The van der Waals surface area contributed by atoms with Crippen molar-refractivity contribution in [3.05, 3.63) is 91.3 Å². The maximum absolute atomic E-state index is 13.5. The molecule has 1 atom stereocenters. The molecule has 1 aliphatic rings. The highest BCUT2D eigenvalue weighted by Gasteiger charge is 2.44. The number of benzene rings is 2. The van der Waals surface area contributed by atoms with Crippen molar-refractivity contribution >= 4 is 50.2 Å². The van der Waals surface area contributed by atoms with Crippen LogP contribution in [-0.2, 0) is 0 Å². The zero-order valence-electron chi connectivity index (χ0n) is 16.5. The van der Waals surface area contributed by atoms with Gasteiger partial charge < -0.3 is 14.3 Å². The van der Waals surface area contributed by atoms with E-state index in [9.17, 15) is 14.7 Å². The van der Waals surface area contributed by atoms with Crippen LogP contribution in [0.4, 0.5) is 5.82 Å². The maximum Gasteiger partial charge on any atom is 0.296 e. The number of phenols is 1. The molecule has 0 aliphatic carbocycles. The summed E-state index contributed by atoms with van der Waals surface area (Å²) in [6.45, 7) is 0. The fourth-order valence-corrected chi connectivity index (χ4v) is 4.46. The lowest BCUT2D eigenvalue weighted by molar-refractivity contribution is 0.0970. The number of rotatable bonds is 3. The van der Waals surface area contributed by atoms with E-state index in [-0.39, 0.29) is 28.3 Å². The maximum atomic E-state index is 13.5. The van der Waals surface area contributed by atoms with Gasteiger partial charge >= 0.3 is 0 Å². The van der Waals surface area contributed by atoms with Crippen molar-refractivity contribution in [1.82, 2.24) is 4.98 Å². The number of aromatic hydroxyl groups is 1. The van der Waals surface area contributed by atoms with Crippen molar-refractivity contribution in [3.63, 3.8) is 0 Å². The molecule has 0 unspecified atom stereocenters. The number of anilines is 1. The summed E-state index contributed by atoms with van der Waals surface area (Å²) in [6.07, 6.45) is 1.42. The van der Waals surface area contributed by atoms with E-state index in [1.807, 2.05) is 0 Å². The number of hydrogen-bond donors (Lipinski definition) is 1. The molecule has 1 N–H and O–H groups in total. The first-order chi connectivity index (χ1) is 15.4. The van der Waals surface area contributed by atoms with E-state index in [1.165, 1.54) is 18.2 Å². The van der Waals surface area contributed by atoms with Gasteiger partial charge in [0, 0.05) is 6.20 Å². The molecule has 1 aliphatic heterocycles. The van der Waals surface area contributed by atoms with Crippen molar-refractivity contribution < 1.29 is 19.1 Å². The quantitative estimate of drug-likeness (QED) is 0.411. The van der Waals surface area contributed by atoms with Crippen molar-refractivity contribution in [2.45, 2.75) is 6.04 Å². The molecular formula is C23H14BrClN2O5. The van der Waals surface area contributed by atoms with Gasteiger partial charge in [0.05, 0.1) is 33.6 Å². The minimum Gasteiger partial charge on any atom is -0.503 e. The normalized spacial score (nSPS) is 15.3. The van der Waals surface area contributed by atoms with Gasteiger partial charge in [0.1, 0.15) is 11.4 Å². The Morgan fingerprint density at radius 1 is 1.19 bits per heavy atom. The molecule has 3 heterocycles. The van der Waals surface area contributed by atoms with E-state index in [2.05, 4.69) is 20.9 Å². The van der Waals surface area contributed by atoms with Gasteiger partial charge in [0.25, 0.3) is 5.91 Å². The molecule has 0 fully saturated rings. The molecule has 0 spiro atoms. The number of fused-ring (bicyclic) bond motifs is 2. The van der Waals surface area contributed by atoms with Gasteiger partial charge in [-0.25, -0.2) is 4.98 Å². The standard InChI is InChI=1S/C23H14BrClN2O5/c1-31-16-9-11(8-14(24)21(16)29)19-18-20(28)13-4-2-3-5-15(13)32-22(18)23(30)27(19)17-7-6-12(25)10-26-17/h2-10,19,29H,1H3/t19-/m1/s1. The third-order valence-corrected chi connectivity index (χ3v) is 6.15. The average Bonchev–Trinajstić information content (AvgIpc) is 3.09. The Balaban J connectivity index is 1.83. The second kappa shape index (κ2) is 7.65. The molecule has 4 aromatic rings. The van der Waals surface area contributed by atoms with E-state index < -0.39 is 11.9 Å². The van der Waals surface area contributed by atoms with Crippen molar-refractivity contribution in [2.75, 3.05) is 12.0 Å². The molecule has 0 radical (unpaired) electrons. The van der Waals surface area contributed by atoms with Gasteiger partial charge in [-0.1, -0.05) is 23.7 Å². The Morgan fingerprint density at radius 2 is 1.97 bits per heavy atom. The van der Waals surface area contributed by atoms with Crippen LogP contribution in [0.5, 0.6) is 11.5 Å². The summed E-state index contributed by atoms with van der Waals surface area (Å²) in [6, 6.07) is 12.3. The third kappa shape index (κ3) is 3.06. The number of methoxy groups -OCH3 is 1. The fraction of sp³-hybridized carbons (Fsp3) is 0.0870. The monoisotopic (exact) mass is 512 g/mol. The average molecular weight is 514 g/mol. The van der Waals surface area contributed by atoms with Crippen LogP contribution in [0.25, 0.3) is 11.0 Å². The van der Waals surface area contributed by atoms with Crippen LogP contribution in [0.1, 0.15) is 27.7 Å². The summed E-state index contributed by atoms with van der Waals surface area (Å²) in [4.78, 5) is 32.7. The van der Waals surface area contributed by atoms with Gasteiger partial charge in [-0.2, -0.15) is 0 Å². The van der Waals surface area contributed by atoms with Crippen molar-refractivity contribution in [1.29, 1.82) is 0 Å². The first-order valence-corrected chi connectivity index (χ1v) is 10.6. The lowest BCUT2D eigenvalue weighted by Crippen LogP contribution is -2.30. The Labute approximate surface area is 195 Å². The molecule has 9 heteroatoms. The molecule has 0 saturated heterocycles. The van der Waals surface area contributed by atoms with Crippen molar-refractivity contribution in [2.24, 2.45) is 0 Å². The largest absolute Gasteiger partial charge is 0.503 e. The van der Waals surface area contributed by atoms with Gasteiger partial charge in [-0.05, 0) is 57.9 Å². The molecule has 2 aromatic heterocycles. The molecule has 2 aromatic carbocycles. The molecule has 7 nitrogen and oxygen atoms in total. The van der Waals surface area contributed by atoms with E-state index in [1.54, 1.807) is 48.5 Å². The number of pyridine rings is 1. The number of ether oxygens (including phenoxy) is 1. The predicted molar refractivity (Wildman–Crippen MR) is 123 cm³/mol. The molecule has 0 saturated carbocycles. The highest BCUT2D eigenvalue weighted by atomic mass is 79.9. The minimum absolute atomic E-state index is 0.0568. The number of amides is 1. The molecule has 32 heavy (non-hydrogen) atoms. The van der Waals surface area contributed by atoms with Crippen LogP contribution < -0.4 is 15.1 Å². The topological polar surface area (TPSA) is 92.9 Å². The Hall–Kier alpha value is -3.36. The zero-order chi connectivity index (χ0) is 22.6. The summed E-state index contributed by atoms with van der Waals surface area (Å²) in [5.74, 6) is -0.182. The molecule has 0 bridgehead atoms. The first kappa shape index (κ1) is 20.5. The molecule has 1 amide bonds. The molecule has 160 valence electrons. The number of phenolic OH excluding ortho intramolecular Hbond substituents is 1. The van der Waals surface area contributed by atoms with Gasteiger partial charge in [0.2, 0.25) is 5.76 Å². The number of carbonyl (C=O) groups excluding carboxylic acids is 1. The predicted octanol–water partition coefficient (Wildman–Crippen LogP) is 5.07. The number of hydrogen-bond acceptors (Lipinski definition) is 6. The van der Waals surface area contributed by atoms with E-state index in [0.717, 1.165) is 0 Å². The van der Waals surface area contributed by atoms with Gasteiger partial charge in [-0.15, -0.1) is 0 Å². The number of carbonyl (C=O) groups is 1. The summed E-state index contributed by atoms with van der Waals surface area (Å²) in [7, 11) is 1.42. The second-order valence-corrected chi connectivity index (χ2v) is 8.43. The Kier molecular flexibility index (Phi) is 4.91. The number of nitrogens with zero attached hydrogens (tertiary/aromatic N) is 2. The third-order valence-electron chi connectivity index (χ3n) is 5.32. The minimum atomic E-state index is -0.863. The molecular weight excluding hydrogens is 500 g/mol. The highest BCUT2D eigenvalue weighted by Crippen LogP contribution is 2.44. The number of para-hydroxylation sites is 1. The Morgan fingerprint density at radius 3 is 2.69 bits per heavy atom.